The minimum absolute atomic E-state index is 0.0212. The Balaban J connectivity index is 2.60. The van der Waals surface area contributed by atoms with Crippen molar-refractivity contribution < 1.29 is 24.6 Å². The van der Waals surface area contributed by atoms with Crippen LogP contribution in [0.4, 0.5) is 5.69 Å². The predicted molar refractivity (Wildman–Crippen MR) is 81.2 cm³/mol. The molecule has 2 atom stereocenters. The zero-order chi connectivity index (χ0) is 17.4. The molecule has 6 heteroatoms. The topological polar surface area (TPSA) is 109 Å². The van der Waals surface area contributed by atoms with Gasteiger partial charge < -0.3 is 25.1 Å². The van der Waals surface area contributed by atoms with Crippen molar-refractivity contribution in [3.8, 4) is 0 Å². The highest BCUT2D eigenvalue weighted by Crippen LogP contribution is 2.22. The lowest BCUT2D eigenvalue weighted by Crippen LogP contribution is -2.36. The first-order valence-electron chi connectivity index (χ1n) is 7.67. The number of carbonyl (C=O) groups excluding carboxylic acids is 3. The second-order valence-corrected chi connectivity index (χ2v) is 5.66. The number of benzene rings is 1. The van der Waals surface area contributed by atoms with Gasteiger partial charge >= 0.3 is 0 Å². The molecule has 0 saturated carbocycles. The van der Waals surface area contributed by atoms with Crippen LogP contribution < -0.4 is 15.5 Å². The quantitative estimate of drug-likeness (QED) is 0.715. The zero-order valence-electron chi connectivity index (χ0n) is 13.3. The molecule has 0 aromatic heterocycles. The fraction of sp³-hybridized carbons (Fsp3) is 0.471. The van der Waals surface area contributed by atoms with E-state index in [1.54, 1.807) is 6.92 Å². The van der Waals surface area contributed by atoms with Crippen LogP contribution in [0.25, 0.3) is 0 Å². The molecule has 0 aliphatic carbocycles. The molecule has 0 aliphatic heterocycles. The lowest BCUT2D eigenvalue weighted by Gasteiger charge is -2.24. The molecule has 1 aromatic carbocycles. The molecule has 6 nitrogen and oxygen atoms in total. The number of hydrogen-bond donors (Lipinski definition) is 1. The van der Waals surface area contributed by atoms with E-state index in [0.29, 0.717) is 12.1 Å². The van der Waals surface area contributed by atoms with Gasteiger partial charge in [-0.3, -0.25) is 4.79 Å². The Kier molecular flexibility index (Phi) is 7.25. The summed E-state index contributed by atoms with van der Waals surface area (Å²) >= 11 is 0. The summed E-state index contributed by atoms with van der Waals surface area (Å²) in [5.74, 6) is -3.72. The Labute approximate surface area is 135 Å². The standard InChI is InChI=1S/C17H23NO5/c1-3-4-5-14(17(22)23)11(2)10-15(19)18-13-8-6-12(7-9-13)16(20)21/h6-9,11,14H,3-5,10H2,1-2H3,(H,18,19)(H,20,21)(H,22,23)/p-2/t11-,14-/m1/s1. The number of amides is 1. The number of hydrogen-bond acceptors (Lipinski definition) is 5. The number of unbranched alkanes of at least 4 members (excludes halogenated alkanes) is 1. The van der Waals surface area contributed by atoms with Crippen LogP contribution in [0.15, 0.2) is 24.3 Å². The summed E-state index contributed by atoms with van der Waals surface area (Å²) in [4.78, 5) is 33.8. The second kappa shape index (κ2) is 8.92. The van der Waals surface area contributed by atoms with Gasteiger partial charge in [0.25, 0.3) is 0 Å². The van der Waals surface area contributed by atoms with Gasteiger partial charge in [0.15, 0.2) is 0 Å². The maximum Gasteiger partial charge on any atom is 0.224 e. The van der Waals surface area contributed by atoms with E-state index in [4.69, 9.17) is 0 Å². The number of nitrogens with one attached hydrogen (secondary N) is 1. The summed E-state index contributed by atoms with van der Waals surface area (Å²) in [5.41, 5.74) is 0.471. The molecule has 1 N–H and O–H groups in total. The lowest BCUT2D eigenvalue weighted by molar-refractivity contribution is -0.313. The van der Waals surface area contributed by atoms with Crippen LogP contribution in [0.5, 0.6) is 0 Å². The van der Waals surface area contributed by atoms with E-state index in [0.717, 1.165) is 12.8 Å². The maximum atomic E-state index is 12.0. The van der Waals surface area contributed by atoms with E-state index in [1.807, 2.05) is 6.92 Å². The number of carbonyl (C=O) groups is 3. The first kappa shape index (κ1) is 18.7. The van der Waals surface area contributed by atoms with Crippen molar-refractivity contribution >= 4 is 23.5 Å². The summed E-state index contributed by atoms with van der Waals surface area (Å²) in [5, 5.41) is 24.5. The van der Waals surface area contributed by atoms with Gasteiger partial charge in [-0.05, 0) is 30.0 Å². The van der Waals surface area contributed by atoms with Crippen LogP contribution >= 0.6 is 0 Å². The Bertz CT molecular complexity index is 553. The summed E-state index contributed by atoms with van der Waals surface area (Å²) in [6, 6.07) is 5.58. The second-order valence-electron chi connectivity index (χ2n) is 5.66. The smallest absolute Gasteiger partial charge is 0.224 e. The van der Waals surface area contributed by atoms with Crippen LogP contribution in [-0.4, -0.2) is 17.8 Å². The maximum absolute atomic E-state index is 12.0. The molecular formula is C17H21NO5-2. The average molecular weight is 319 g/mol. The Morgan fingerprint density at radius 2 is 1.74 bits per heavy atom. The number of aromatic carboxylic acids is 1. The third-order valence-electron chi connectivity index (χ3n) is 3.77. The lowest BCUT2D eigenvalue weighted by atomic mass is 9.87. The summed E-state index contributed by atoms with van der Waals surface area (Å²) in [6.07, 6.45) is 2.21. The minimum Gasteiger partial charge on any atom is -0.550 e. The number of aliphatic carboxylic acids is 1. The van der Waals surface area contributed by atoms with Crippen molar-refractivity contribution in [1.82, 2.24) is 0 Å². The number of anilines is 1. The number of carboxylic acids is 2. The van der Waals surface area contributed by atoms with Crippen LogP contribution in [-0.2, 0) is 9.59 Å². The molecule has 1 aromatic rings. The molecule has 0 bridgehead atoms. The van der Waals surface area contributed by atoms with E-state index in [-0.39, 0.29) is 23.8 Å². The van der Waals surface area contributed by atoms with Crippen molar-refractivity contribution in [1.29, 1.82) is 0 Å². The minimum atomic E-state index is -1.29. The molecule has 126 valence electrons. The number of carboxylic acid groups (broad SMARTS) is 2. The monoisotopic (exact) mass is 319 g/mol. The molecule has 0 fully saturated rings. The predicted octanol–water partition coefficient (Wildman–Crippen LogP) is 0.571. The molecule has 0 heterocycles. The molecular weight excluding hydrogens is 298 g/mol. The SMILES string of the molecule is CCCC[C@@H](C(=O)[O-])[C@H](C)CC(=O)Nc1ccc(C(=O)[O-])cc1. The van der Waals surface area contributed by atoms with Crippen molar-refractivity contribution in [2.75, 3.05) is 5.32 Å². The van der Waals surface area contributed by atoms with Gasteiger partial charge in [0.2, 0.25) is 5.91 Å². The largest absolute Gasteiger partial charge is 0.550 e. The molecule has 0 saturated heterocycles. The zero-order valence-corrected chi connectivity index (χ0v) is 13.3. The molecule has 0 aliphatic rings. The van der Waals surface area contributed by atoms with E-state index in [1.165, 1.54) is 24.3 Å². The van der Waals surface area contributed by atoms with Crippen LogP contribution in [0.3, 0.4) is 0 Å². The summed E-state index contributed by atoms with van der Waals surface area (Å²) in [7, 11) is 0. The van der Waals surface area contributed by atoms with Crippen LogP contribution in [0, 0.1) is 11.8 Å². The van der Waals surface area contributed by atoms with Crippen LogP contribution in [0.2, 0.25) is 0 Å². The van der Waals surface area contributed by atoms with E-state index in [2.05, 4.69) is 5.32 Å². The fourth-order valence-electron chi connectivity index (χ4n) is 2.40. The normalized spacial score (nSPS) is 13.1. The Morgan fingerprint density at radius 3 is 2.22 bits per heavy atom. The fourth-order valence-corrected chi connectivity index (χ4v) is 2.40. The molecule has 0 radical (unpaired) electrons. The van der Waals surface area contributed by atoms with Crippen molar-refractivity contribution in [3.05, 3.63) is 29.8 Å². The molecule has 23 heavy (non-hydrogen) atoms. The van der Waals surface area contributed by atoms with E-state index < -0.39 is 17.9 Å². The van der Waals surface area contributed by atoms with Gasteiger partial charge in [-0.15, -0.1) is 0 Å². The molecule has 1 amide bonds. The summed E-state index contributed by atoms with van der Waals surface area (Å²) in [6.45, 7) is 3.69. The van der Waals surface area contributed by atoms with Gasteiger partial charge in [-0.1, -0.05) is 38.8 Å². The average Bonchev–Trinajstić information content (AvgIpc) is 2.47. The highest BCUT2D eigenvalue weighted by Gasteiger charge is 2.21. The third kappa shape index (κ3) is 6.10. The first-order chi connectivity index (χ1) is 10.8. The van der Waals surface area contributed by atoms with E-state index in [9.17, 15) is 24.6 Å². The third-order valence-corrected chi connectivity index (χ3v) is 3.77. The molecule has 0 spiro atoms. The van der Waals surface area contributed by atoms with Crippen molar-refractivity contribution in [3.63, 3.8) is 0 Å². The molecule has 0 unspecified atom stereocenters. The van der Waals surface area contributed by atoms with E-state index >= 15 is 0 Å². The highest BCUT2D eigenvalue weighted by molar-refractivity contribution is 5.92. The first-order valence-corrected chi connectivity index (χ1v) is 7.67. The van der Waals surface area contributed by atoms with Crippen molar-refractivity contribution in [2.24, 2.45) is 11.8 Å². The van der Waals surface area contributed by atoms with Crippen LogP contribution in [0.1, 0.15) is 49.9 Å². The Morgan fingerprint density at radius 1 is 1.13 bits per heavy atom. The van der Waals surface area contributed by atoms with Gasteiger partial charge in [0.05, 0.1) is 5.97 Å². The van der Waals surface area contributed by atoms with Gasteiger partial charge in [-0.2, -0.15) is 0 Å². The van der Waals surface area contributed by atoms with Gasteiger partial charge in [-0.25, -0.2) is 0 Å². The summed E-state index contributed by atoms with van der Waals surface area (Å²) < 4.78 is 0. The van der Waals surface area contributed by atoms with Gasteiger partial charge in [0, 0.05) is 24.0 Å². The highest BCUT2D eigenvalue weighted by atomic mass is 16.4. The Hall–Kier alpha value is -2.37. The van der Waals surface area contributed by atoms with Crippen molar-refractivity contribution in [2.45, 2.75) is 39.5 Å². The number of rotatable bonds is 9. The van der Waals surface area contributed by atoms with Gasteiger partial charge in [0.1, 0.15) is 0 Å². The molecule has 1 rings (SSSR count).